The van der Waals surface area contributed by atoms with E-state index in [1.807, 2.05) is 11.4 Å². The van der Waals surface area contributed by atoms with Crippen LogP contribution in [0, 0.1) is 6.07 Å². The van der Waals surface area contributed by atoms with Crippen molar-refractivity contribution in [1.29, 1.82) is 0 Å². The number of aromatic nitrogens is 2. The molecule has 0 aliphatic rings. The van der Waals surface area contributed by atoms with Crippen LogP contribution in [0.1, 0.15) is 32.6 Å². The lowest BCUT2D eigenvalue weighted by molar-refractivity contribution is 0.0992. The van der Waals surface area contributed by atoms with Crippen LogP contribution >= 0.6 is 11.3 Å². The number of hydrogen-bond donors (Lipinski definition) is 1. The quantitative estimate of drug-likeness (QED) is 0.823. The summed E-state index contributed by atoms with van der Waals surface area (Å²) in [4.78, 5) is 22.7. The third-order valence-electron chi connectivity index (χ3n) is 2.16. The minimum absolute atomic E-state index is 0.0473. The number of hydrogen-bond acceptors (Lipinski definition) is 4. The monoisotopic (exact) mass is 248 g/mol. The first-order valence-corrected chi connectivity index (χ1v) is 5.77. The number of amides is 1. The van der Waals surface area contributed by atoms with Crippen LogP contribution in [-0.2, 0) is 6.54 Å². The molecular formula is C11H10N3O2S. The van der Waals surface area contributed by atoms with Gasteiger partial charge in [0.1, 0.15) is 0 Å². The van der Waals surface area contributed by atoms with E-state index in [1.165, 1.54) is 18.3 Å². The van der Waals surface area contributed by atoms with Crippen molar-refractivity contribution in [2.24, 2.45) is 5.73 Å². The van der Waals surface area contributed by atoms with Gasteiger partial charge in [-0.15, -0.1) is 11.3 Å². The zero-order valence-electron chi connectivity index (χ0n) is 9.14. The topological polar surface area (TPSA) is 78.0 Å². The Balaban J connectivity index is 2.13. The Kier molecular flexibility index (Phi) is 3.06. The van der Waals surface area contributed by atoms with Crippen molar-refractivity contribution in [3.05, 3.63) is 39.8 Å². The van der Waals surface area contributed by atoms with Gasteiger partial charge >= 0.3 is 0 Å². The van der Waals surface area contributed by atoms with Crippen LogP contribution in [0.4, 0.5) is 0 Å². The molecule has 0 aromatic carbocycles. The molecule has 87 valence electrons. The van der Waals surface area contributed by atoms with Gasteiger partial charge in [0, 0.05) is 12.3 Å². The fourth-order valence-corrected chi connectivity index (χ4v) is 2.16. The highest BCUT2D eigenvalue weighted by molar-refractivity contribution is 7.12. The summed E-state index contributed by atoms with van der Waals surface area (Å²) >= 11 is 1.40. The summed E-state index contributed by atoms with van der Waals surface area (Å²) in [6.07, 6.45) is 1.56. The van der Waals surface area contributed by atoms with Crippen LogP contribution in [0.3, 0.4) is 0 Å². The van der Waals surface area contributed by atoms with Crippen molar-refractivity contribution in [3.8, 4) is 0 Å². The zero-order valence-corrected chi connectivity index (χ0v) is 9.95. The summed E-state index contributed by atoms with van der Waals surface area (Å²) in [6, 6.07) is 4.49. The number of carbonyl (C=O) groups excluding carboxylic acids is 2. The van der Waals surface area contributed by atoms with Crippen molar-refractivity contribution in [2.75, 3.05) is 0 Å². The summed E-state index contributed by atoms with van der Waals surface area (Å²) in [5.41, 5.74) is 6.16. The molecule has 17 heavy (non-hydrogen) atoms. The molecule has 1 amide bonds. The molecule has 0 bridgehead atoms. The average Bonchev–Trinajstić information content (AvgIpc) is 2.87. The third kappa shape index (κ3) is 2.59. The Morgan fingerprint density at radius 2 is 2.35 bits per heavy atom. The zero-order chi connectivity index (χ0) is 12.4. The minimum atomic E-state index is -0.599. The molecule has 0 saturated carbocycles. The molecule has 0 aliphatic heterocycles. The summed E-state index contributed by atoms with van der Waals surface area (Å²) in [6.45, 7) is 2.02. The van der Waals surface area contributed by atoms with Crippen LogP contribution in [0.25, 0.3) is 0 Å². The Bertz CT molecular complexity index is 521. The SMILES string of the molecule is CC(=O)c1cc(Cn2c[c]c(C(N)=O)n2)cs1. The van der Waals surface area contributed by atoms with Gasteiger partial charge in [-0.1, -0.05) is 0 Å². The van der Waals surface area contributed by atoms with Crippen molar-refractivity contribution < 1.29 is 9.59 Å². The number of rotatable bonds is 4. The van der Waals surface area contributed by atoms with Crippen LogP contribution in [0.2, 0.25) is 0 Å². The lowest BCUT2D eigenvalue weighted by Gasteiger charge is -1.97. The maximum atomic E-state index is 11.1. The smallest absolute Gasteiger partial charge is 0.269 e. The number of primary amides is 1. The van der Waals surface area contributed by atoms with E-state index >= 15 is 0 Å². The Morgan fingerprint density at radius 3 is 2.88 bits per heavy atom. The van der Waals surface area contributed by atoms with Crippen molar-refractivity contribution in [2.45, 2.75) is 13.5 Å². The number of ketones is 1. The van der Waals surface area contributed by atoms with E-state index in [-0.39, 0.29) is 11.5 Å². The van der Waals surface area contributed by atoms with Gasteiger partial charge in [0.2, 0.25) is 0 Å². The van der Waals surface area contributed by atoms with Gasteiger partial charge in [-0.3, -0.25) is 14.3 Å². The second-order valence-corrected chi connectivity index (χ2v) is 4.47. The van der Waals surface area contributed by atoms with E-state index in [4.69, 9.17) is 5.73 Å². The minimum Gasteiger partial charge on any atom is -0.364 e. The second kappa shape index (κ2) is 4.50. The van der Waals surface area contributed by atoms with Gasteiger partial charge in [0.25, 0.3) is 5.91 Å². The summed E-state index contributed by atoms with van der Waals surface area (Å²) in [5.74, 6) is -0.551. The van der Waals surface area contributed by atoms with Crippen LogP contribution in [0.5, 0.6) is 0 Å². The predicted octanol–water partition coefficient (Wildman–Crippen LogP) is 1.09. The van der Waals surface area contributed by atoms with E-state index in [2.05, 4.69) is 11.2 Å². The number of thiophene rings is 1. The molecular weight excluding hydrogens is 238 g/mol. The third-order valence-corrected chi connectivity index (χ3v) is 3.24. The molecule has 6 heteroatoms. The Morgan fingerprint density at radius 1 is 1.59 bits per heavy atom. The Labute approximate surface area is 102 Å². The van der Waals surface area contributed by atoms with Crippen molar-refractivity contribution in [3.63, 3.8) is 0 Å². The normalized spacial score (nSPS) is 10.4. The molecule has 0 saturated heterocycles. The van der Waals surface area contributed by atoms with E-state index in [0.717, 1.165) is 5.56 Å². The molecule has 2 rings (SSSR count). The van der Waals surface area contributed by atoms with Gasteiger partial charge < -0.3 is 5.73 Å². The summed E-state index contributed by atoms with van der Waals surface area (Å²) < 4.78 is 1.56. The van der Waals surface area contributed by atoms with Gasteiger partial charge in [-0.05, 0) is 23.9 Å². The molecule has 0 aliphatic carbocycles. The highest BCUT2D eigenvalue weighted by atomic mass is 32.1. The van der Waals surface area contributed by atoms with Gasteiger partial charge in [0.15, 0.2) is 11.5 Å². The molecule has 2 heterocycles. The first kappa shape index (κ1) is 11.5. The van der Waals surface area contributed by atoms with E-state index in [0.29, 0.717) is 11.4 Å². The molecule has 2 aromatic heterocycles. The first-order valence-electron chi connectivity index (χ1n) is 4.89. The maximum Gasteiger partial charge on any atom is 0.269 e. The number of carbonyl (C=O) groups is 2. The maximum absolute atomic E-state index is 11.1. The van der Waals surface area contributed by atoms with Gasteiger partial charge in [-0.2, -0.15) is 5.10 Å². The van der Waals surface area contributed by atoms with Gasteiger partial charge in [0.05, 0.1) is 11.4 Å². The lowest BCUT2D eigenvalue weighted by Crippen LogP contribution is -2.12. The van der Waals surface area contributed by atoms with E-state index < -0.39 is 5.91 Å². The molecule has 0 atom stereocenters. The summed E-state index contributed by atoms with van der Waals surface area (Å²) in [5, 5.41) is 5.86. The lowest BCUT2D eigenvalue weighted by atomic mass is 10.3. The molecule has 0 unspecified atom stereocenters. The highest BCUT2D eigenvalue weighted by Crippen LogP contribution is 2.16. The number of nitrogens with two attached hydrogens (primary N) is 1. The van der Waals surface area contributed by atoms with Crippen LogP contribution in [-0.4, -0.2) is 21.5 Å². The Hall–Kier alpha value is -1.95. The molecule has 0 fully saturated rings. The first-order chi connectivity index (χ1) is 8.06. The molecule has 2 aromatic rings. The van der Waals surface area contributed by atoms with E-state index in [9.17, 15) is 9.59 Å². The fraction of sp³-hybridized carbons (Fsp3) is 0.182. The highest BCUT2D eigenvalue weighted by Gasteiger charge is 2.08. The van der Waals surface area contributed by atoms with E-state index in [1.54, 1.807) is 10.9 Å². The largest absolute Gasteiger partial charge is 0.364 e. The predicted molar refractivity (Wildman–Crippen MR) is 63.0 cm³/mol. The van der Waals surface area contributed by atoms with Crippen molar-refractivity contribution in [1.82, 2.24) is 9.78 Å². The number of Topliss-reactive ketones (excluding diaryl/α,β-unsaturated/α-hetero) is 1. The van der Waals surface area contributed by atoms with Crippen LogP contribution < -0.4 is 5.73 Å². The molecule has 1 radical (unpaired) electrons. The molecule has 0 spiro atoms. The van der Waals surface area contributed by atoms with Crippen LogP contribution in [0.15, 0.2) is 17.6 Å². The molecule has 2 N–H and O–H groups in total. The number of nitrogens with zero attached hydrogens (tertiary/aromatic N) is 2. The standard InChI is InChI=1S/C11H10N3O2S/c1-7(15)10-4-8(6-17-10)5-14-3-2-9(13-14)11(12)16/h3-4,6H,5H2,1H3,(H2,12,16). The summed E-state index contributed by atoms with van der Waals surface area (Å²) in [7, 11) is 0. The van der Waals surface area contributed by atoms with Gasteiger partial charge in [-0.25, -0.2) is 0 Å². The van der Waals surface area contributed by atoms with Crippen molar-refractivity contribution >= 4 is 23.0 Å². The average molecular weight is 248 g/mol. The fourth-order valence-electron chi connectivity index (χ4n) is 1.35. The second-order valence-electron chi connectivity index (χ2n) is 3.56. The molecule has 5 nitrogen and oxygen atoms in total.